The van der Waals surface area contributed by atoms with Crippen molar-refractivity contribution < 1.29 is 4.79 Å². The van der Waals surface area contributed by atoms with Crippen molar-refractivity contribution in [3.05, 3.63) is 29.8 Å². The minimum atomic E-state index is -0.374. The Morgan fingerprint density at radius 2 is 2.05 bits per heavy atom. The van der Waals surface area contributed by atoms with Crippen molar-refractivity contribution in [2.75, 3.05) is 18.0 Å². The highest BCUT2D eigenvalue weighted by Crippen LogP contribution is 2.41. The van der Waals surface area contributed by atoms with Crippen LogP contribution in [0.15, 0.2) is 24.3 Å². The molecule has 1 saturated carbocycles. The highest BCUT2D eigenvalue weighted by molar-refractivity contribution is 6.07. The molecule has 0 bridgehead atoms. The SMILES string of the molecule is CC1(C)C(=O)N(CCCNC2CC2)c2ccccc21. The van der Waals surface area contributed by atoms with Crippen LogP contribution in [0.5, 0.6) is 0 Å². The van der Waals surface area contributed by atoms with Crippen molar-refractivity contribution in [2.24, 2.45) is 0 Å². The average Bonchev–Trinajstić information content (AvgIpc) is 3.19. The number of hydrogen-bond donors (Lipinski definition) is 1. The van der Waals surface area contributed by atoms with Gasteiger partial charge in [0.25, 0.3) is 0 Å². The standard InChI is InChI=1S/C16H22N2O/c1-16(2)13-6-3-4-7-14(13)18(15(16)19)11-5-10-17-12-8-9-12/h3-4,6-7,12,17H,5,8-11H2,1-2H3. The van der Waals surface area contributed by atoms with Crippen LogP contribution >= 0.6 is 0 Å². The lowest BCUT2D eigenvalue weighted by Gasteiger charge is -2.20. The summed E-state index contributed by atoms with van der Waals surface area (Å²) in [5.74, 6) is 0.236. The molecule has 0 radical (unpaired) electrons. The summed E-state index contributed by atoms with van der Waals surface area (Å²) in [4.78, 5) is 14.5. The fourth-order valence-electron chi connectivity index (χ4n) is 2.85. The van der Waals surface area contributed by atoms with Crippen LogP contribution in [0, 0.1) is 0 Å². The summed E-state index contributed by atoms with van der Waals surface area (Å²) in [6.45, 7) is 5.88. The van der Waals surface area contributed by atoms with Crippen LogP contribution in [-0.2, 0) is 10.2 Å². The lowest BCUT2D eigenvalue weighted by molar-refractivity contribution is -0.122. The number of anilines is 1. The predicted octanol–water partition coefficient (Wildman–Crippen LogP) is 2.45. The molecule has 0 unspecified atom stereocenters. The lowest BCUT2D eigenvalue weighted by atomic mass is 9.86. The number of nitrogens with zero attached hydrogens (tertiary/aromatic N) is 1. The molecule has 3 rings (SSSR count). The Balaban J connectivity index is 1.68. The van der Waals surface area contributed by atoms with Gasteiger partial charge in [-0.3, -0.25) is 4.79 Å². The van der Waals surface area contributed by atoms with Gasteiger partial charge in [-0.05, 0) is 51.3 Å². The third kappa shape index (κ3) is 2.27. The molecule has 1 N–H and O–H groups in total. The molecule has 0 spiro atoms. The fourth-order valence-corrected chi connectivity index (χ4v) is 2.85. The Morgan fingerprint density at radius 3 is 2.79 bits per heavy atom. The Labute approximate surface area is 115 Å². The first kappa shape index (κ1) is 12.7. The number of carbonyl (C=O) groups is 1. The van der Waals surface area contributed by atoms with Gasteiger partial charge in [0.2, 0.25) is 5.91 Å². The largest absolute Gasteiger partial charge is 0.314 e. The summed E-state index contributed by atoms with van der Waals surface area (Å²) in [6.07, 6.45) is 3.66. The summed E-state index contributed by atoms with van der Waals surface area (Å²) in [5, 5.41) is 3.50. The minimum Gasteiger partial charge on any atom is -0.314 e. The molecule has 2 aliphatic rings. The van der Waals surface area contributed by atoms with Crippen molar-refractivity contribution in [2.45, 2.75) is 44.6 Å². The van der Waals surface area contributed by atoms with Crippen LogP contribution in [0.25, 0.3) is 0 Å². The summed E-state index contributed by atoms with van der Waals surface area (Å²) in [7, 11) is 0. The Bertz CT molecular complexity index is 491. The molecule has 1 aliphatic carbocycles. The monoisotopic (exact) mass is 258 g/mol. The zero-order chi connectivity index (χ0) is 13.5. The highest BCUT2D eigenvalue weighted by atomic mass is 16.2. The first-order valence-corrected chi connectivity index (χ1v) is 7.25. The maximum Gasteiger partial charge on any atom is 0.237 e. The molecular weight excluding hydrogens is 236 g/mol. The van der Waals surface area contributed by atoms with Gasteiger partial charge < -0.3 is 10.2 Å². The van der Waals surface area contributed by atoms with Crippen molar-refractivity contribution >= 4 is 11.6 Å². The number of fused-ring (bicyclic) bond motifs is 1. The summed E-state index contributed by atoms with van der Waals surface area (Å²) in [6, 6.07) is 8.93. The van der Waals surface area contributed by atoms with E-state index in [0.29, 0.717) is 0 Å². The number of nitrogens with one attached hydrogen (secondary N) is 1. The summed E-state index contributed by atoms with van der Waals surface area (Å²) >= 11 is 0. The van der Waals surface area contributed by atoms with E-state index in [-0.39, 0.29) is 11.3 Å². The van der Waals surface area contributed by atoms with E-state index in [1.807, 2.05) is 30.9 Å². The van der Waals surface area contributed by atoms with Crippen LogP contribution in [-0.4, -0.2) is 25.0 Å². The first-order chi connectivity index (χ1) is 9.10. The van der Waals surface area contributed by atoms with Crippen LogP contribution in [0.2, 0.25) is 0 Å². The Kier molecular flexibility index (Phi) is 3.09. The van der Waals surface area contributed by atoms with E-state index in [0.717, 1.165) is 36.8 Å². The van der Waals surface area contributed by atoms with Crippen molar-refractivity contribution in [3.8, 4) is 0 Å². The number of hydrogen-bond acceptors (Lipinski definition) is 2. The zero-order valence-electron chi connectivity index (χ0n) is 11.8. The van der Waals surface area contributed by atoms with Crippen LogP contribution in [0.4, 0.5) is 5.69 Å². The van der Waals surface area contributed by atoms with E-state index in [9.17, 15) is 4.79 Å². The van der Waals surface area contributed by atoms with Gasteiger partial charge in [0.05, 0.1) is 5.41 Å². The molecule has 1 heterocycles. The number of amides is 1. The quantitative estimate of drug-likeness (QED) is 0.823. The smallest absolute Gasteiger partial charge is 0.237 e. The van der Waals surface area contributed by atoms with Gasteiger partial charge in [0.15, 0.2) is 0 Å². The van der Waals surface area contributed by atoms with Gasteiger partial charge in [-0.2, -0.15) is 0 Å². The molecule has 102 valence electrons. The van der Waals surface area contributed by atoms with Gasteiger partial charge in [-0.15, -0.1) is 0 Å². The number of benzene rings is 1. The van der Waals surface area contributed by atoms with Crippen LogP contribution < -0.4 is 10.2 Å². The highest BCUT2D eigenvalue weighted by Gasteiger charge is 2.43. The third-order valence-corrected chi connectivity index (χ3v) is 4.22. The number of rotatable bonds is 5. The predicted molar refractivity (Wildman–Crippen MR) is 77.5 cm³/mol. The molecule has 1 aromatic carbocycles. The average molecular weight is 258 g/mol. The molecule has 1 aliphatic heterocycles. The van der Waals surface area contributed by atoms with Gasteiger partial charge in [-0.25, -0.2) is 0 Å². The van der Waals surface area contributed by atoms with Crippen molar-refractivity contribution in [1.29, 1.82) is 0 Å². The summed E-state index contributed by atoms with van der Waals surface area (Å²) < 4.78 is 0. The Hall–Kier alpha value is -1.35. The Morgan fingerprint density at radius 1 is 1.32 bits per heavy atom. The zero-order valence-corrected chi connectivity index (χ0v) is 11.8. The molecule has 0 saturated heterocycles. The van der Waals surface area contributed by atoms with E-state index in [2.05, 4.69) is 17.4 Å². The van der Waals surface area contributed by atoms with Crippen LogP contribution in [0.3, 0.4) is 0 Å². The van der Waals surface area contributed by atoms with Crippen LogP contribution in [0.1, 0.15) is 38.7 Å². The molecule has 19 heavy (non-hydrogen) atoms. The first-order valence-electron chi connectivity index (χ1n) is 7.25. The van der Waals surface area contributed by atoms with Crippen molar-refractivity contribution in [3.63, 3.8) is 0 Å². The maximum atomic E-state index is 12.5. The molecule has 1 amide bonds. The van der Waals surface area contributed by atoms with Gasteiger partial charge >= 0.3 is 0 Å². The molecule has 1 fully saturated rings. The molecular formula is C16H22N2O. The topological polar surface area (TPSA) is 32.3 Å². The molecule has 3 nitrogen and oxygen atoms in total. The molecule has 1 aromatic rings. The number of carbonyl (C=O) groups excluding carboxylic acids is 1. The minimum absolute atomic E-state index is 0.236. The van der Waals surface area contributed by atoms with E-state index in [1.54, 1.807) is 0 Å². The van der Waals surface area contributed by atoms with Gasteiger partial charge in [0.1, 0.15) is 0 Å². The normalized spacial score (nSPS) is 20.7. The molecule has 0 atom stereocenters. The molecule has 0 aromatic heterocycles. The lowest BCUT2D eigenvalue weighted by Crippen LogP contribution is -2.37. The second kappa shape index (κ2) is 4.64. The second-order valence-electron chi connectivity index (χ2n) is 6.18. The summed E-state index contributed by atoms with van der Waals surface area (Å²) in [5.41, 5.74) is 1.89. The second-order valence-corrected chi connectivity index (χ2v) is 6.18. The van der Waals surface area contributed by atoms with Gasteiger partial charge in [0, 0.05) is 18.3 Å². The molecule has 3 heteroatoms. The van der Waals surface area contributed by atoms with E-state index < -0.39 is 0 Å². The van der Waals surface area contributed by atoms with Crippen molar-refractivity contribution in [1.82, 2.24) is 5.32 Å². The van der Waals surface area contributed by atoms with E-state index >= 15 is 0 Å². The van der Waals surface area contributed by atoms with E-state index in [1.165, 1.54) is 12.8 Å². The van der Waals surface area contributed by atoms with E-state index in [4.69, 9.17) is 0 Å². The fraction of sp³-hybridized carbons (Fsp3) is 0.562. The van der Waals surface area contributed by atoms with Gasteiger partial charge in [-0.1, -0.05) is 18.2 Å². The third-order valence-electron chi connectivity index (χ3n) is 4.22. The maximum absolute atomic E-state index is 12.5. The number of para-hydroxylation sites is 1.